The van der Waals surface area contributed by atoms with Gasteiger partial charge in [-0.05, 0) is 37.0 Å². The lowest BCUT2D eigenvalue weighted by atomic mass is 9.84. The number of hydrogen-bond acceptors (Lipinski definition) is 3. The first kappa shape index (κ1) is 15.2. The van der Waals surface area contributed by atoms with Crippen LogP contribution < -0.4 is 10.6 Å². The number of benzene rings is 1. The predicted molar refractivity (Wildman–Crippen MR) is 86.5 cm³/mol. The van der Waals surface area contributed by atoms with E-state index in [4.69, 9.17) is 10.9 Å². The molecule has 3 N–H and O–H groups in total. The summed E-state index contributed by atoms with van der Waals surface area (Å²) in [5.41, 5.74) is 7.60. The Bertz CT molecular complexity index is 504. The van der Waals surface area contributed by atoms with Gasteiger partial charge in [0, 0.05) is 28.8 Å². The summed E-state index contributed by atoms with van der Waals surface area (Å²) in [5, 5.41) is 12.1. The summed E-state index contributed by atoms with van der Waals surface area (Å²) in [6.45, 7) is 2.31. The van der Waals surface area contributed by atoms with Gasteiger partial charge < -0.3 is 15.8 Å². The molecule has 0 saturated heterocycles. The first-order chi connectivity index (χ1) is 9.54. The van der Waals surface area contributed by atoms with Gasteiger partial charge in [0.1, 0.15) is 0 Å². The van der Waals surface area contributed by atoms with Crippen LogP contribution in [0, 0.1) is 5.92 Å². The fourth-order valence-corrected chi connectivity index (χ4v) is 3.49. The molecular weight excluding hydrogens is 318 g/mol. The second kappa shape index (κ2) is 6.48. The second-order valence-corrected chi connectivity index (χ2v) is 6.50. The lowest BCUT2D eigenvalue weighted by Crippen LogP contribution is -2.40. The Kier molecular flexibility index (Phi) is 4.91. The lowest BCUT2D eigenvalue weighted by Gasteiger charge is -2.38. The Morgan fingerprint density at radius 3 is 2.75 bits per heavy atom. The van der Waals surface area contributed by atoms with Crippen molar-refractivity contribution in [1.82, 2.24) is 0 Å². The number of halogens is 1. The lowest BCUT2D eigenvalue weighted by molar-refractivity contribution is 0.318. The van der Waals surface area contributed by atoms with E-state index in [1.54, 1.807) is 0 Å². The number of amidine groups is 1. The zero-order valence-electron chi connectivity index (χ0n) is 12.0. The van der Waals surface area contributed by atoms with Gasteiger partial charge in [-0.1, -0.05) is 40.9 Å². The molecule has 1 aromatic rings. The topological polar surface area (TPSA) is 61.8 Å². The summed E-state index contributed by atoms with van der Waals surface area (Å²) >= 11 is 3.44. The van der Waals surface area contributed by atoms with Gasteiger partial charge in [-0.25, -0.2) is 0 Å². The van der Waals surface area contributed by atoms with Crippen LogP contribution in [0.5, 0.6) is 0 Å². The molecule has 0 aromatic heterocycles. The van der Waals surface area contributed by atoms with Crippen LogP contribution in [-0.4, -0.2) is 24.1 Å². The van der Waals surface area contributed by atoms with Crippen molar-refractivity contribution in [3.63, 3.8) is 0 Å². The molecule has 20 heavy (non-hydrogen) atoms. The molecule has 1 saturated carbocycles. The number of oxime groups is 1. The van der Waals surface area contributed by atoms with Crippen molar-refractivity contribution in [2.24, 2.45) is 16.8 Å². The molecule has 0 heterocycles. The normalized spacial score (nSPS) is 23.6. The van der Waals surface area contributed by atoms with E-state index < -0.39 is 0 Å². The largest absolute Gasteiger partial charge is 0.409 e. The first-order valence-corrected chi connectivity index (χ1v) is 7.84. The molecule has 0 radical (unpaired) electrons. The van der Waals surface area contributed by atoms with Gasteiger partial charge >= 0.3 is 0 Å². The molecule has 4 nitrogen and oxygen atoms in total. The van der Waals surface area contributed by atoms with Gasteiger partial charge in [0.2, 0.25) is 0 Å². The molecule has 0 amide bonds. The van der Waals surface area contributed by atoms with Crippen LogP contribution >= 0.6 is 15.9 Å². The van der Waals surface area contributed by atoms with Crippen molar-refractivity contribution < 1.29 is 5.21 Å². The summed E-state index contributed by atoms with van der Waals surface area (Å²) in [5.74, 6) is 0.814. The SMILES string of the molecule is CC1CCCCC1N(C)c1ccc(Br)cc1/C(N)=N/O. The van der Waals surface area contributed by atoms with E-state index in [1.165, 1.54) is 25.7 Å². The molecule has 1 aliphatic carbocycles. The first-order valence-electron chi connectivity index (χ1n) is 7.05. The molecular formula is C15H22BrN3O. The molecule has 110 valence electrons. The third kappa shape index (κ3) is 3.08. The van der Waals surface area contributed by atoms with Crippen LogP contribution in [0.25, 0.3) is 0 Å². The Balaban J connectivity index is 2.36. The number of nitrogens with two attached hydrogens (primary N) is 1. The maximum absolute atomic E-state index is 8.98. The van der Waals surface area contributed by atoms with Crippen molar-refractivity contribution in [2.75, 3.05) is 11.9 Å². The van der Waals surface area contributed by atoms with Crippen molar-refractivity contribution >= 4 is 27.5 Å². The van der Waals surface area contributed by atoms with Gasteiger partial charge in [-0.15, -0.1) is 0 Å². The summed E-state index contributed by atoms with van der Waals surface area (Å²) < 4.78 is 0.924. The third-order valence-electron chi connectivity index (χ3n) is 4.29. The Morgan fingerprint density at radius 1 is 1.40 bits per heavy atom. The van der Waals surface area contributed by atoms with Crippen molar-refractivity contribution in [2.45, 2.75) is 38.6 Å². The average molecular weight is 340 g/mol. The molecule has 1 aromatic carbocycles. The quantitative estimate of drug-likeness (QED) is 0.383. The van der Waals surface area contributed by atoms with E-state index in [2.05, 4.69) is 40.0 Å². The Morgan fingerprint density at radius 2 is 2.10 bits per heavy atom. The summed E-state index contributed by atoms with van der Waals surface area (Å²) in [7, 11) is 2.10. The van der Waals surface area contributed by atoms with Gasteiger partial charge in [0.25, 0.3) is 0 Å². The highest BCUT2D eigenvalue weighted by molar-refractivity contribution is 9.10. The van der Waals surface area contributed by atoms with Crippen molar-refractivity contribution in [3.8, 4) is 0 Å². The van der Waals surface area contributed by atoms with Crippen LogP contribution in [0.15, 0.2) is 27.8 Å². The highest BCUT2D eigenvalue weighted by Gasteiger charge is 2.26. The molecule has 2 unspecified atom stereocenters. The molecule has 2 rings (SSSR count). The molecule has 5 heteroatoms. The molecule has 0 spiro atoms. The summed E-state index contributed by atoms with van der Waals surface area (Å²) in [6, 6.07) is 6.43. The Labute approximate surface area is 128 Å². The fourth-order valence-electron chi connectivity index (χ4n) is 3.13. The van der Waals surface area contributed by atoms with Gasteiger partial charge in [0.15, 0.2) is 5.84 Å². The number of hydrogen-bond donors (Lipinski definition) is 2. The van der Waals surface area contributed by atoms with Crippen molar-refractivity contribution in [1.29, 1.82) is 0 Å². The van der Waals surface area contributed by atoms with Crippen LogP contribution in [0.3, 0.4) is 0 Å². The van der Waals surface area contributed by atoms with Crippen LogP contribution in [0.4, 0.5) is 5.69 Å². The van der Waals surface area contributed by atoms with E-state index in [1.807, 2.05) is 18.2 Å². The molecule has 0 bridgehead atoms. The average Bonchev–Trinajstić information content (AvgIpc) is 2.46. The maximum Gasteiger partial charge on any atom is 0.172 e. The van der Waals surface area contributed by atoms with E-state index in [9.17, 15) is 0 Å². The highest BCUT2D eigenvalue weighted by atomic mass is 79.9. The number of anilines is 1. The zero-order valence-corrected chi connectivity index (χ0v) is 13.6. The molecule has 1 fully saturated rings. The maximum atomic E-state index is 8.98. The van der Waals surface area contributed by atoms with Crippen LogP contribution in [-0.2, 0) is 0 Å². The third-order valence-corrected chi connectivity index (χ3v) is 4.78. The summed E-state index contributed by atoms with van der Waals surface area (Å²) in [6.07, 6.45) is 5.06. The minimum absolute atomic E-state index is 0.150. The minimum Gasteiger partial charge on any atom is -0.409 e. The molecule has 1 aliphatic rings. The molecule has 0 aliphatic heterocycles. The smallest absolute Gasteiger partial charge is 0.172 e. The second-order valence-electron chi connectivity index (χ2n) is 5.59. The van der Waals surface area contributed by atoms with E-state index >= 15 is 0 Å². The van der Waals surface area contributed by atoms with E-state index in [-0.39, 0.29) is 5.84 Å². The Hall–Kier alpha value is -1.23. The highest BCUT2D eigenvalue weighted by Crippen LogP contribution is 2.33. The summed E-state index contributed by atoms with van der Waals surface area (Å²) in [4.78, 5) is 2.28. The fraction of sp³-hybridized carbons (Fsp3) is 0.533. The monoisotopic (exact) mass is 339 g/mol. The van der Waals surface area contributed by atoms with Gasteiger partial charge in [0.05, 0.1) is 0 Å². The molecule has 2 atom stereocenters. The number of nitrogens with zero attached hydrogens (tertiary/aromatic N) is 2. The van der Waals surface area contributed by atoms with Crippen LogP contribution in [0.1, 0.15) is 38.2 Å². The zero-order chi connectivity index (χ0) is 14.7. The van der Waals surface area contributed by atoms with Gasteiger partial charge in [-0.2, -0.15) is 0 Å². The van der Waals surface area contributed by atoms with E-state index in [0.29, 0.717) is 12.0 Å². The predicted octanol–water partition coefficient (Wildman–Crippen LogP) is 3.56. The minimum atomic E-state index is 0.150. The van der Waals surface area contributed by atoms with Crippen molar-refractivity contribution in [3.05, 3.63) is 28.2 Å². The number of rotatable bonds is 3. The van der Waals surface area contributed by atoms with Gasteiger partial charge in [-0.3, -0.25) is 0 Å². The standard InChI is InChI=1S/C15H22BrN3O/c1-10-5-3-4-6-13(10)19(2)14-8-7-11(16)9-12(14)15(17)18-20/h7-10,13,20H,3-6H2,1-2H3,(H2,17,18). The van der Waals surface area contributed by atoms with E-state index in [0.717, 1.165) is 15.7 Å². The van der Waals surface area contributed by atoms with Crippen LogP contribution in [0.2, 0.25) is 0 Å².